The number of halogens is 1. The lowest BCUT2D eigenvalue weighted by Crippen LogP contribution is -2.23. The van der Waals surface area contributed by atoms with Crippen molar-refractivity contribution in [3.8, 4) is 22.4 Å². The number of nitrogens with zero attached hydrogens (tertiary/aromatic N) is 2. The molecule has 0 unspecified atom stereocenters. The van der Waals surface area contributed by atoms with Gasteiger partial charge in [-0.2, -0.15) is 5.10 Å². The van der Waals surface area contributed by atoms with E-state index in [1.54, 1.807) is 0 Å². The minimum atomic E-state index is -0.904. The summed E-state index contributed by atoms with van der Waals surface area (Å²) in [6.07, 6.45) is 5.24. The van der Waals surface area contributed by atoms with Crippen LogP contribution in [-0.2, 0) is 22.5 Å². The highest BCUT2D eigenvalue weighted by Gasteiger charge is 2.25. The number of aliphatic carboxylic acids is 1. The first-order chi connectivity index (χ1) is 16.0. The van der Waals surface area contributed by atoms with Crippen molar-refractivity contribution in [3.63, 3.8) is 0 Å². The molecule has 0 bridgehead atoms. The normalized spacial score (nSPS) is 18.4. The van der Waals surface area contributed by atoms with Gasteiger partial charge in [0.2, 0.25) is 0 Å². The Morgan fingerprint density at radius 3 is 2.42 bits per heavy atom. The number of rotatable bonds is 9. The van der Waals surface area contributed by atoms with E-state index in [4.69, 9.17) is 26.5 Å². The molecule has 0 spiro atoms. The number of hydrogen-bond acceptors (Lipinski definition) is 3. The fourth-order valence-electron chi connectivity index (χ4n) is 4.89. The maximum atomic E-state index is 10.7. The Balaban J connectivity index is 1.56. The summed E-state index contributed by atoms with van der Waals surface area (Å²) in [4.78, 5) is 10.7. The predicted octanol–water partition coefficient (Wildman–Crippen LogP) is 6.34. The van der Waals surface area contributed by atoms with Crippen molar-refractivity contribution in [1.29, 1.82) is 0 Å². The molecule has 1 aliphatic rings. The molecule has 3 aromatic rings. The first-order valence-corrected chi connectivity index (χ1v) is 12.1. The Hall–Kier alpha value is -2.63. The summed E-state index contributed by atoms with van der Waals surface area (Å²) in [6, 6.07) is 18.4. The fraction of sp³-hybridized carbons (Fsp3) is 0.407. The maximum absolute atomic E-state index is 10.7. The lowest BCUT2D eigenvalue weighted by atomic mass is 9.82. The molecule has 6 heteroatoms. The van der Waals surface area contributed by atoms with Gasteiger partial charge in [0.15, 0.2) is 0 Å². The highest BCUT2D eigenvalue weighted by atomic mass is 35.5. The zero-order valence-electron chi connectivity index (χ0n) is 19.0. The van der Waals surface area contributed by atoms with Crippen LogP contribution in [0.4, 0.5) is 0 Å². The van der Waals surface area contributed by atoms with Crippen LogP contribution in [-0.4, -0.2) is 34.1 Å². The van der Waals surface area contributed by atoms with Gasteiger partial charge in [0.05, 0.1) is 6.61 Å². The summed E-state index contributed by atoms with van der Waals surface area (Å²) < 4.78 is 7.54. The number of ether oxygens (including phenoxy) is 1. The number of carboxylic acid groups (broad SMARTS) is 1. The molecule has 174 valence electrons. The van der Waals surface area contributed by atoms with Crippen molar-refractivity contribution in [3.05, 3.63) is 65.3 Å². The third kappa shape index (κ3) is 5.84. The van der Waals surface area contributed by atoms with Gasteiger partial charge >= 0.3 is 5.97 Å². The summed E-state index contributed by atoms with van der Waals surface area (Å²) >= 11 is 6.35. The van der Waals surface area contributed by atoms with Crippen LogP contribution in [0, 0.1) is 11.8 Å². The second-order valence-corrected chi connectivity index (χ2v) is 9.31. The zero-order chi connectivity index (χ0) is 23.2. The summed E-state index contributed by atoms with van der Waals surface area (Å²) in [6.45, 7) is 3.42. The standard InChI is InChI=1S/C27H31ClN2O3/c1-2-24-26(22-9-6-10-23(28)15-22)27(21-7-4-3-5-8-21)29-30(24)16-19-11-13-20(14-12-19)17-33-18-25(31)32/h3-10,15,19-20H,2,11-14,16-18H2,1H3,(H,31,32). The van der Waals surface area contributed by atoms with E-state index in [1.165, 1.54) is 11.3 Å². The van der Waals surface area contributed by atoms with Crippen LogP contribution in [0.1, 0.15) is 38.3 Å². The second-order valence-electron chi connectivity index (χ2n) is 8.88. The van der Waals surface area contributed by atoms with Crippen molar-refractivity contribution >= 4 is 17.6 Å². The topological polar surface area (TPSA) is 64.4 Å². The van der Waals surface area contributed by atoms with E-state index >= 15 is 0 Å². The summed E-state index contributed by atoms with van der Waals surface area (Å²) in [5.74, 6) is 0.103. The smallest absolute Gasteiger partial charge is 0.329 e. The van der Waals surface area contributed by atoms with Crippen molar-refractivity contribution in [2.45, 2.75) is 45.6 Å². The molecule has 1 heterocycles. The molecule has 0 aliphatic heterocycles. The molecule has 1 aliphatic carbocycles. The number of hydrogen-bond donors (Lipinski definition) is 1. The second kappa shape index (κ2) is 11.0. The molecule has 1 fully saturated rings. The number of carboxylic acids is 1. The first-order valence-electron chi connectivity index (χ1n) is 11.8. The van der Waals surface area contributed by atoms with Crippen molar-refractivity contribution in [2.24, 2.45) is 11.8 Å². The highest BCUT2D eigenvalue weighted by Crippen LogP contribution is 2.37. The molecular weight excluding hydrogens is 436 g/mol. The number of aromatic nitrogens is 2. The lowest BCUT2D eigenvalue weighted by molar-refractivity contribution is -0.142. The molecule has 0 radical (unpaired) electrons. The van der Waals surface area contributed by atoms with Crippen LogP contribution in [0.3, 0.4) is 0 Å². The maximum Gasteiger partial charge on any atom is 0.329 e. The molecular formula is C27H31ClN2O3. The third-order valence-corrected chi connectivity index (χ3v) is 6.76. The van der Waals surface area contributed by atoms with E-state index in [-0.39, 0.29) is 6.61 Å². The van der Waals surface area contributed by atoms with E-state index < -0.39 is 5.97 Å². The molecule has 4 rings (SSSR count). The predicted molar refractivity (Wildman–Crippen MR) is 131 cm³/mol. The van der Waals surface area contributed by atoms with Crippen LogP contribution in [0.25, 0.3) is 22.4 Å². The van der Waals surface area contributed by atoms with Crippen LogP contribution >= 0.6 is 11.6 Å². The van der Waals surface area contributed by atoms with Crippen LogP contribution < -0.4 is 0 Å². The zero-order valence-corrected chi connectivity index (χ0v) is 19.8. The largest absolute Gasteiger partial charge is 0.480 e. The molecule has 1 aromatic heterocycles. The Labute approximate surface area is 200 Å². The molecule has 2 aromatic carbocycles. The van der Waals surface area contributed by atoms with Crippen molar-refractivity contribution in [2.75, 3.05) is 13.2 Å². The number of benzene rings is 2. The molecule has 0 amide bonds. The van der Waals surface area contributed by atoms with E-state index in [1.807, 2.05) is 24.3 Å². The van der Waals surface area contributed by atoms with Crippen molar-refractivity contribution < 1.29 is 14.6 Å². The van der Waals surface area contributed by atoms with Gasteiger partial charge in [0.25, 0.3) is 0 Å². The molecule has 0 saturated heterocycles. The van der Waals surface area contributed by atoms with E-state index in [0.29, 0.717) is 18.4 Å². The van der Waals surface area contributed by atoms with Gasteiger partial charge in [-0.3, -0.25) is 4.68 Å². The Bertz CT molecular complexity index is 1070. The monoisotopic (exact) mass is 466 g/mol. The third-order valence-electron chi connectivity index (χ3n) is 6.53. The van der Waals surface area contributed by atoms with Crippen LogP contribution in [0.15, 0.2) is 54.6 Å². The number of carbonyl (C=O) groups is 1. The van der Waals surface area contributed by atoms with Gasteiger partial charge in [-0.1, -0.05) is 61.0 Å². The van der Waals surface area contributed by atoms with Gasteiger partial charge in [-0.25, -0.2) is 4.79 Å². The summed E-state index contributed by atoms with van der Waals surface area (Å²) in [5.41, 5.74) is 5.62. The summed E-state index contributed by atoms with van der Waals surface area (Å²) in [5, 5.41) is 14.6. The minimum Gasteiger partial charge on any atom is -0.480 e. The molecule has 5 nitrogen and oxygen atoms in total. The van der Waals surface area contributed by atoms with Gasteiger partial charge in [-0.15, -0.1) is 0 Å². The van der Waals surface area contributed by atoms with E-state index in [0.717, 1.165) is 60.5 Å². The molecule has 0 atom stereocenters. The Morgan fingerprint density at radius 2 is 1.76 bits per heavy atom. The fourth-order valence-corrected chi connectivity index (χ4v) is 5.08. The molecule has 1 saturated carbocycles. The first kappa shape index (κ1) is 23.5. The molecule has 1 N–H and O–H groups in total. The van der Waals surface area contributed by atoms with E-state index in [2.05, 4.69) is 41.9 Å². The summed E-state index contributed by atoms with van der Waals surface area (Å²) in [7, 11) is 0. The average Bonchev–Trinajstić information content (AvgIpc) is 3.18. The SMILES string of the molecule is CCc1c(-c2cccc(Cl)c2)c(-c2ccccc2)nn1CC1CCC(COCC(=O)O)CC1. The van der Waals surface area contributed by atoms with Crippen LogP contribution in [0.5, 0.6) is 0 Å². The Morgan fingerprint density at radius 1 is 1.06 bits per heavy atom. The van der Waals surface area contributed by atoms with E-state index in [9.17, 15) is 4.79 Å². The van der Waals surface area contributed by atoms with Crippen LogP contribution in [0.2, 0.25) is 5.02 Å². The molecule has 33 heavy (non-hydrogen) atoms. The minimum absolute atomic E-state index is 0.207. The van der Waals surface area contributed by atoms with Gasteiger partial charge in [0.1, 0.15) is 12.3 Å². The Kier molecular flexibility index (Phi) is 7.84. The van der Waals surface area contributed by atoms with Gasteiger partial charge < -0.3 is 9.84 Å². The quantitative estimate of drug-likeness (QED) is 0.399. The average molecular weight is 467 g/mol. The van der Waals surface area contributed by atoms with Gasteiger partial charge in [0, 0.05) is 28.4 Å². The highest BCUT2D eigenvalue weighted by molar-refractivity contribution is 6.30. The lowest BCUT2D eigenvalue weighted by Gasteiger charge is -2.28. The van der Waals surface area contributed by atoms with Gasteiger partial charge in [-0.05, 0) is 61.6 Å². The van der Waals surface area contributed by atoms with Crippen molar-refractivity contribution in [1.82, 2.24) is 9.78 Å².